The normalized spacial score (nSPS) is 19.2. The topological polar surface area (TPSA) is 81.2 Å². The minimum atomic E-state index is 0. The van der Waals surface area contributed by atoms with Crippen molar-refractivity contribution in [2.45, 2.75) is 84.2 Å². The Morgan fingerprint density at radius 2 is 1.67 bits per heavy atom. The molecule has 2 heterocycles. The first-order valence-corrected chi connectivity index (χ1v) is 14.3. The fourth-order valence-electron chi connectivity index (χ4n) is 5.47. The molecule has 1 saturated carbocycles. The Balaban J connectivity index is 0.00000380. The maximum Gasteiger partial charge on any atom is 1.00 e. The van der Waals surface area contributed by atoms with Gasteiger partial charge >= 0.3 is 1.43 Å². The molecule has 1 saturated heterocycles. The number of aromatic nitrogens is 3. The van der Waals surface area contributed by atoms with Crippen LogP contribution in [0.25, 0.3) is 0 Å². The first-order valence-electron chi connectivity index (χ1n) is 13.9. The largest absolute Gasteiger partial charge is 1.00 e. The van der Waals surface area contributed by atoms with Crippen LogP contribution < -0.4 is 20.9 Å². The molecule has 1 aliphatic carbocycles. The highest BCUT2D eigenvalue weighted by molar-refractivity contribution is 6.33. The lowest BCUT2D eigenvalue weighted by molar-refractivity contribution is 0.277. The predicted molar refractivity (Wildman–Crippen MR) is 153 cm³/mol. The van der Waals surface area contributed by atoms with Crippen LogP contribution in [0.4, 0.5) is 29.2 Å². The van der Waals surface area contributed by atoms with Crippen LogP contribution in [-0.4, -0.2) is 64.7 Å². The van der Waals surface area contributed by atoms with Crippen molar-refractivity contribution in [3.63, 3.8) is 0 Å². The maximum absolute atomic E-state index is 6.64. The quantitative estimate of drug-likeness (QED) is 0.302. The summed E-state index contributed by atoms with van der Waals surface area (Å²) in [6, 6.07) is 6.97. The summed E-state index contributed by atoms with van der Waals surface area (Å²) in [6.07, 6.45) is 9.92. The number of hydrogen-bond donors (Lipinski definition) is 3. The van der Waals surface area contributed by atoms with E-state index in [0.717, 1.165) is 50.4 Å². The number of likely N-dealkylation sites (N-methyl/N-ethyl adjacent to an activating group) is 1. The molecule has 0 amide bonds. The van der Waals surface area contributed by atoms with Gasteiger partial charge < -0.3 is 20.9 Å². The van der Waals surface area contributed by atoms with Crippen LogP contribution in [0.1, 0.15) is 73.6 Å². The summed E-state index contributed by atoms with van der Waals surface area (Å²) in [5.74, 6) is 1.76. The smallest absolute Gasteiger partial charge is 0.371 e. The van der Waals surface area contributed by atoms with Gasteiger partial charge in [0.1, 0.15) is 0 Å². The summed E-state index contributed by atoms with van der Waals surface area (Å²) in [6.45, 7) is 11.4. The maximum atomic E-state index is 6.64. The lowest BCUT2D eigenvalue weighted by Gasteiger charge is -2.23. The molecule has 0 radical (unpaired) electrons. The lowest BCUT2D eigenvalue weighted by Crippen LogP contribution is -2.35. The van der Waals surface area contributed by atoms with Gasteiger partial charge in [-0.2, -0.15) is 15.0 Å². The van der Waals surface area contributed by atoms with E-state index >= 15 is 0 Å². The average Bonchev–Trinajstić information content (AvgIpc) is 3.19. The Labute approximate surface area is 223 Å². The van der Waals surface area contributed by atoms with Crippen molar-refractivity contribution in [3.8, 4) is 0 Å². The van der Waals surface area contributed by atoms with E-state index in [-0.39, 0.29) is 1.43 Å². The van der Waals surface area contributed by atoms with Crippen LogP contribution in [0.5, 0.6) is 0 Å². The lowest BCUT2D eigenvalue weighted by atomic mass is 10.1. The fourth-order valence-corrected chi connectivity index (χ4v) is 5.77. The Hall–Kier alpha value is -2.32. The van der Waals surface area contributed by atoms with Gasteiger partial charge in [0, 0.05) is 37.4 Å². The number of benzene rings is 1. The molecule has 8 nitrogen and oxygen atoms in total. The zero-order valence-corrected chi connectivity index (χ0v) is 22.9. The van der Waals surface area contributed by atoms with E-state index in [1.807, 2.05) is 12.1 Å². The molecular formula is C27H44ClN8+. The Kier molecular flexibility index (Phi) is 9.87. The van der Waals surface area contributed by atoms with Crippen molar-refractivity contribution >= 4 is 40.8 Å². The SMILES string of the molecule is CCN(CC)c1ccc(Nc2nc(NCC3CCCN3CC)nc(NC3CCCCCC3)n2)cc1Cl.[H+]. The highest BCUT2D eigenvalue weighted by Crippen LogP contribution is 2.30. The zero-order chi connectivity index (χ0) is 25.3. The molecule has 1 unspecified atom stereocenters. The summed E-state index contributed by atoms with van der Waals surface area (Å²) in [5, 5.41) is 11.2. The number of nitrogens with zero attached hydrogens (tertiary/aromatic N) is 5. The van der Waals surface area contributed by atoms with Gasteiger partial charge in [0.05, 0.1) is 10.7 Å². The summed E-state index contributed by atoms with van der Waals surface area (Å²) in [5.41, 5.74) is 1.90. The van der Waals surface area contributed by atoms with Gasteiger partial charge in [0.25, 0.3) is 0 Å². The van der Waals surface area contributed by atoms with Crippen LogP contribution in [0, 0.1) is 0 Å². The van der Waals surface area contributed by atoms with Crippen LogP contribution >= 0.6 is 11.6 Å². The van der Waals surface area contributed by atoms with E-state index in [4.69, 9.17) is 26.6 Å². The Morgan fingerprint density at radius 3 is 2.36 bits per heavy atom. The van der Waals surface area contributed by atoms with Crippen molar-refractivity contribution < 1.29 is 1.43 Å². The molecule has 2 aromatic rings. The monoisotopic (exact) mass is 515 g/mol. The molecule has 3 N–H and O–H groups in total. The molecule has 1 aromatic heterocycles. The molecule has 1 aliphatic heterocycles. The average molecular weight is 516 g/mol. The molecule has 2 aliphatic rings. The zero-order valence-electron chi connectivity index (χ0n) is 23.2. The molecule has 2 fully saturated rings. The third-order valence-electron chi connectivity index (χ3n) is 7.53. The Morgan fingerprint density at radius 1 is 0.944 bits per heavy atom. The van der Waals surface area contributed by atoms with Gasteiger partial charge in [-0.15, -0.1) is 0 Å². The van der Waals surface area contributed by atoms with Crippen LogP contribution in [0.3, 0.4) is 0 Å². The van der Waals surface area contributed by atoms with Crippen molar-refractivity contribution in [3.05, 3.63) is 23.2 Å². The van der Waals surface area contributed by atoms with Gasteiger partial charge in [0.15, 0.2) is 0 Å². The van der Waals surface area contributed by atoms with Crippen LogP contribution in [0.15, 0.2) is 18.2 Å². The van der Waals surface area contributed by atoms with Crippen molar-refractivity contribution in [1.29, 1.82) is 0 Å². The van der Waals surface area contributed by atoms with Gasteiger partial charge in [-0.3, -0.25) is 4.90 Å². The second kappa shape index (κ2) is 13.3. The summed E-state index contributed by atoms with van der Waals surface area (Å²) >= 11 is 6.64. The van der Waals surface area contributed by atoms with E-state index in [2.05, 4.69) is 52.6 Å². The highest BCUT2D eigenvalue weighted by atomic mass is 35.5. The standard InChI is InChI=1S/C27H43ClN8/c1-4-35(5-2)24-16-15-21(18-23(24)28)31-27-33-25(29-19-22-14-11-17-36(22)6-3)32-26(34-27)30-20-12-9-7-8-10-13-20/h15-16,18,20,22H,4-14,17,19H2,1-3H3,(H3,29,30,31,32,33,34)/p+1. The van der Waals surface area contributed by atoms with E-state index in [1.54, 1.807) is 0 Å². The molecular weight excluding hydrogens is 472 g/mol. The minimum absolute atomic E-state index is 0. The second-order valence-corrected chi connectivity index (χ2v) is 10.3. The van der Waals surface area contributed by atoms with Gasteiger partial charge in [-0.1, -0.05) is 44.2 Å². The summed E-state index contributed by atoms with van der Waals surface area (Å²) in [4.78, 5) is 19.0. The molecule has 4 rings (SSSR count). The van der Waals surface area contributed by atoms with Crippen LogP contribution in [0.2, 0.25) is 5.02 Å². The number of halogens is 1. The van der Waals surface area contributed by atoms with Crippen molar-refractivity contribution in [2.24, 2.45) is 0 Å². The summed E-state index contributed by atoms with van der Waals surface area (Å²) in [7, 11) is 0. The molecule has 1 aromatic carbocycles. The molecule has 1 atom stereocenters. The second-order valence-electron chi connectivity index (χ2n) is 9.91. The van der Waals surface area contributed by atoms with Crippen molar-refractivity contribution in [2.75, 3.05) is 53.6 Å². The predicted octanol–water partition coefficient (Wildman–Crippen LogP) is 6.26. The fraction of sp³-hybridized carbons (Fsp3) is 0.667. The van der Waals surface area contributed by atoms with E-state index < -0.39 is 0 Å². The highest BCUT2D eigenvalue weighted by Gasteiger charge is 2.23. The van der Waals surface area contributed by atoms with Gasteiger partial charge in [0.2, 0.25) is 17.8 Å². The van der Waals surface area contributed by atoms with Crippen LogP contribution in [-0.2, 0) is 0 Å². The Bertz CT molecular complexity index is 965. The summed E-state index contributed by atoms with van der Waals surface area (Å²) < 4.78 is 0. The third kappa shape index (κ3) is 7.13. The van der Waals surface area contributed by atoms with Gasteiger partial charge in [-0.25, -0.2) is 0 Å². The van der Waals surface area contributed by atoms with E-state index in [1.165, 1.54) is 45.1 Å². The molecule has 0 bridgehead atoms. The third-order valence-corrected chi connectivity index (χ3v) is 7.84. The molecule has 0 spiro atoms. The van der Waals surface area contributed by atoms with E-state index in [0.29, 0.717) is 35.0 Å². The number of likely N-dealkylation sites (tertiary alicyclic amines) is 1. The first-order chi connectivity index (χ1) is 17.6. The van der Waals surface area contributed by atoms with Gasteiger partial charge in [-0.05, 0) is 70.8 Å². The molecule has 198 valence electrons. The molecule has 9 heteroatoms. The number of rotatable bonds is 11. The minimum Gasteiger partial charge on any atom is -0.371 e. The molecule has 36 heavy (non-hydrogen) atoms. The number of hydrogen-bond acceptors (Lipinski definition) is 8. The van der Waals surface area contributed by atoms with E-state index in [9.17, 15) is 0 Å². The van der Waals surface area contributed by atoms with Crippen molar-refractivity contribution in [1.82, 2.24) is 19.9 Å². The number of nitrogens with one attached hydrogen (secondary N) is 3. The number of anilines is 5. The first kappa shape index (κ1) is 26.7.